The van der Waals surface area contributed by atoms with Gasteiger partial charge in [-0.05, 0) is 44.0 Å². The third-order valence-electron chi connectivity index (χ3n) is 6.33. The van der Waals surface area contributed by atoms with Crippen LogP contribution in [0.1, 0.15) is 17.7 Å². The van der Waals surface area contributed by atoms with Gasteiger partial charge in [0.05, 0.1) is 29.0 Å². The van der Waals surface area contributed by atoms with E-state index in [1.54, 1.807) is 36.1 Å². The average Bonchev–Trinajstić information content (AvgIpc) is 3.30. The number of nitrogens with one attached hydrogen (secondary N) is 3. The number of rotatable bonds is 5. The van der Waals surface area contributed by atoms with Crippen LogP contribution in [-0.4, -0.2) is 41.0 Å². The topological polar surface area (TPSA) is 125 Å². The molecule has 36 heavy (non-hydrogen) atoms. The zero-order valence-electron chi connectivity index (χ0n) is 19.2. The van der Waals surface area contributed by atoms with Gasteiger partial charge in [0.1, 0.15) is 11.2 Å². The Labute approximate surface area is 209 Å². The van der Waals surface area contributed by atoms with Crippen molar-refractivity contribution in [2.75, 3.05) is 5.32 Å². The standard InChI is InChI=1S/C26H20N8OS/c1-13-2-5-21(36-13)19-11-28-12-20-22(19)32-25(31-20)23-18-7-16(9-29-24(18)34-33-23)15-6-17(10-27-8-15)30-26(35)14-3-4-14/h2,5-12,14H,3-4H2,1H3,(H,30,35)(H,31,32)(H,29,33,34). The summed E-state index contributed by atoms with van der Waals surface area (Å²) in [5, 5.41) is 11.3. The first-order chi connectivity index (χ1) is 17.6. The zero-order chi connectivity index (χ0) is 24.2. The van der Waals surface area contributed by atoms with Crippen molar-refractivity contribution in [1.82, 2.24) is 35.1 Å². The second-order valence-corrected chi connectivity index (χ2v) is 10.3. The van der Waals surface area contributed by atoms with Crippen molar-refractivity contribution in [3.63, 3.8) is 0 Å². The number of pyridine rings is 3. The molecule has 1 aliphatic carbocycles. The molecule has 1 aliphatic rings. The Morgan fingerprint density at radius 2 is 1.92 bits per heavy atom. The summed E-state index contributed by atoms with van der Waals surface area (Å²) in [5.74, 6) is 0.845. The molecule has 0 bridgehead atoms. The first-order valence-electron chi connectivity index (χ1n) is 11.6. The van der Waals surface area contributed by atoms with Gasteiger partial charge in [0.15, 0.2) is 11.5 Å². The molecule has 6 aromatic heterocycles. The van der Waals surface area contributed by atoms with Crippen LogP contribution < -0.4 is 5.32 Å². The fraction of sp³-hybridized carbons (Fsp3) is 0.154. The van der Waals surface area contributed by atoms with Crippen LogP contribution >= 0.6 is 11.3 Å². The van der Waals surface area contributed by atoms with Gasteiger partial charge in [-0.2, -0.15) is 5.10 Å². The van der Waals surface area contributed by atoms with Gasteiger partial charge in [0, 0.05) is 51.0 Å². The molecule has 0 unspecified atom stereocenters. The quantitative estimate of drug-likeness (QED) is 0.298. The Bertz CT molecular complexity index is 1780. The molecule has 0 saturated heterocycles. The lowest BCUT2D eigenvalue weighted by Crippen LogP contribution is -2.13. The van der Waals surface area contributed by atoms with Crippen molar-refractivity contribution in [2.45, 2.75) is 19.8 Å². The van der Waals surface area contributed by atoms with Gasteiger partial charge in [-0.1, -0.05) is 0 Å². The second kappa shape index (κ2) is 8.06. The summed E-state index contributed by atoms with van der Waals surface area (Å²) in [5.41, 5.74) is 6.44. The predicted octanol–water partition coefficient (Wildman–Crippen LogP) is 5.34. The van der Waals surface area contributed by atoms with Crippen molar-refractivity contribution in [3.05, 3.63) is 60.1 Å². The summed E-state index contributed by atoms with van der Waals surface area (Å²) >= 11 is 1.72. The second-order valence-electron chi connectivity index (χ2n) is 9.00. The predicted molar refractivity (Wildman–Crippen MR) is 139 cm³/mol. The van der Waals surface area contributed by atoms with Crippen LogP contribution in [0, 0.1) is 12.8 Å². The van der Waals surface area contributed by atoms with Gasteiger partial charge in [-0.15, -0.1) is 11.3 Å². The number of hydrogen-bond acceptors (Lipinski definition) is 7. The number of carbonyl (C=O) groups is 1. The van der Waals surface area contributed by atoms with Crippen LogP contribution in [0.25, 0.3) is 55.2 Å². The number of aryl methyl sites for hydroxylation is 1. The first-order valence-corrected chi connectivity index (χ1v) is 12.5. The minimum atomic E-state index is 0.0519. The van der Waals surface area contributed by atoms with Crippen LogP contribution in [-0.2, 0) is 4.79 Å². The minimum absolute atomic E-state index is 0.0519. The molecule has 0 aliphatic heterocycles. The van der Waals surface area contributed by atoms with E-state index in [1.807, 2.05) is 18.3 Å². The van der Waals surface area contributed by atoms with E-state index >= 15 is 0 Å². The lowest BCUT2D eigenvalue weighted by molar-refractivity contribution is -0.117. The van der Waals surface area contributed by atoms with Crippen LogP contribution in [0.5, 0.6) is 0 Å². The van der Waals surface area contributed by atoms with E-state index in [-0.39, 0.29) is 11.8 Å². The van der Waals surface area contributed by atoms with Crippen LogP contribution in [0.4, 0.5) is 5.69 Å². The lowest BCUT2D eigenvalue weighted by atomic mass is 10.1. The number of nitrogens with zero attached hydrogens (tertiary/aromatic N) is 5. The highest BCUT2D eigenvalue weighted by Crippen LogP contribution is 2.35. The van der Waals surface area contributed by atoms with Gasteiger partial charge < -0.3 is 10.3 Å². The Kier molecular flexibility index (Phi) is 4.68. The number of amides is 1. The molecule has 9 nitrogen and oxygen atoms in total. The third kappa shape index (κ3) is 3.62. The Balaban J connectivity index is 1.28. The number of hydrogen-bond donors (Lipinski definition) is 3. The number of thiophene rings is 1. The van der Waals surface area contributed by atoms with E-state index in [0.717, 1.165) is 56.5 Å². The highest BCUT2D eigenvalue weighted by Gasteiger charge is 2.29. The Morgan fingerprint density at radius 3 is 2.75 bits per heavy atom. The SMILES string of the molecule is Cc1ccc(-c2cncc3[nH]c(-c4[nH]nc5ncc(-c6cncc(NC(=O)C7CC7)c6)cc45)nc23)s1. The summed E-state index contributed by atoms with van der Waals surface area (Å²) in [7, 11) is 0. The highest BCUT2D eigenvalue weighted by atomic mass is 32.1. The summed E-state index contributed by atoms with van der Waals surface area (Å²) < 4.78 is 0. The van der Waals surface area contributed by atoms with Crippen molar-refractivity contribution < 1.29 is 4.79 Å². The largest absolute Gasteiger partial charge is 0.335 e. The smallest absolute Gasteiger partial charge is 0.227 e. The van der Waals surface area contributed by atoms with Crippen LogP contribution in [0.2, 0.25) is 0 Å². The summed E-state index contributed by atoms with van der Waals surface area (Å²) in [6.07, 6.45) is 10.7. The number of H-pyrrole nitrogens is 2. The Hall–Kier alpha value is -4.44. The van der Waals surface area contributed by atoms with Crippen molar-refractivity contribution in [1.29, 1.82) is 0 Å². The molecular weight excluding hydrogens is 472 g/mol. The van der Waals surface area contributed by atoms with E-state index in [0.29, 0.717) is 17.2 Å². The highest BCUT2D eigenvalue weighted by molar-refractivity contribution is 7.15. The van der Waals surface area contributed by atoms with Gasteiger partial charge >= 0.3 is 0 Å². The molecule has 1 saturated carbocycles. The molecule has 0 spiro atoms. The average molecular weight is 493 g/mol. The van der Waals surface area contributed by atoms with Gasteiger partial charge in [0.2, 0.25) is 5.91 Å². The third-order valence-corrected chi connectivity index (χ3v) is 7.37. The number of aromatic nitrogens is 7. The lowest BCUT2D eigenvalue weighted by Gasteiger charge is -2.06. The van der Waals surface area contributed by atoms with Crippen molar-refractivity contribution in [2.24, 2.45) is 5.92 Å². The van der Waals surface area contributed by atoms with Crippen LogP contribution in [0.3, 0.4) is 0 Å². The molecule has 10 heteroatoms. The molecule has 6 aromatic rings. The van der Waals surface area contributed by atoms with Gasteiger partial charge in [-0.25, -0.2) is 9.97 Å². The van der Waals surface area contributed by atoms with Crippen molar-refractivity contribution >= 4 is 45.0 Å². The van der Waals surface area contributed by atoms with Gasteiger partial charge in [-0.3, -0.25) is 19.9 Å². The van der Waals surface area contributed by atoms with Crippen molar-refractivity contribution in [3.8, 4) is 33.1 Å². The van der Waals surface area contributed by atoms with E-state index in [9.17, 15) is 4.79 Å². The molecule has 0 aromatic carbocycles. The summed E-state index contributed by atoms with van der Waals surface area (Å²) in [4.78, 5) is 36.1. The maximum absolute atomic E-state index is 12.2. The molecule has 0 atom stereocenters. The van der Waals surface area contributed by atoms with Crippen LogP contribution in [0.15, 0.2) is 55.2 Å². The number of anilines is 1. The monoisotopic (exact) mass is 492 g/mol. The number of carbonyl (C=O) groups excluding carboxylic acids is 1. The van der Waals surface area contributed by atoms with E-state index < -0.39 is 0 Å². The summed E-state index contributed by atoms with van der Waals surface area (Å²) in [6, 6.07) is 8.13. The fourth-order valence-corrected chi connectivity index (χ4v) is 5.18. The summed E-state index contributed by atoms with van der Waals surface area (Å²) in [6.45, 7) is 2.09. The molecular formula is C26H20N8OS. The number of fused-ring (bicyclic) bond motifs is 2. The molecule has 176 valence electrons. The maximum atomic E-state index is 12.2. The molecule has 0 radical (unpaired) electrons. The fourth-order valence-electron chi connectivity index (χ4n) is 4.31. The molecule has 1 amide bonds. The number of aromatic amines is 2. The van der Waals surface area contributed by atoms with E-state index in [4.69, 9.17) is 4.98 Å². The van der Waals surface area contributed by atoms with E-state index in [1.165, 1.54) is 4.88 Å². The molecule has 3 N–H and O–H groups in total. The van der Waals surface area contributed by atoms with Gasteiger partial charge in [0.25, 0.3) is 0 Å². The normalized spacial score (nSPS) is 13.5. The molecule has 6 heterocycles. The Morgan fingerprint density at radius 1 is 1.06 bits per heavy atom. The minimum Gasteiger partial charge on any atom is -0.335 e. The van der Waals surface area contributed by atoms with E-state index in [2.05, 4.69) is 54.5 Å². The molecule has 7 rings (SSSR count). The zero-order valence-corrected chi connectivity index (χ0v) is 20.1. The first kappa shape index (κ1) is 20.9. The maximum Gasteiger partial charge on any atom is 0.227 e. The number of imidazole rings is 1. The molecule has 1 fully saturated rings.